The molecule has 3 aromatic rings. The molecule has 190 valence electrons. The number of benzene rings is 1. The van der Waals surface area contributed by atoms with Crippen molar-refractivity contribution in [3.05, 3.63) is 57.7 Å². The number of aromatic nitrogens is 3. The van der Waals surface area contributed by atoms with Gasteiger partial charge in [0.1, 0.15) is 11.7 Å². The SMILES string of the molecule is CC(C)(C)Cn1c(CN2CCN(c3ccc([N+](=O)[O-])cc3C(F)(F)F)CC2)cc2cnc(C#N)nc21. The van der Waals surface area contributed by atoms with E-state index in [4.69, 9.17) is 0 Å². The Morgan fingerprint density at radius 2 is 1.83 bits per heavy atom. The molecule has 1 aliphatic rings. The lowest BCUT2D eigenvalue weighted by atomic mass is 9.97. The molecule has 0 atom stereocenters. The van der Waals surface area contributed by atoms with Gasteiger partial charge >= 0.3 is 6.18 Å². The van der Waals surface area contributed by atoms with Crippen molar-refractivity contribution in [3.63, 3.8) is 0 Å². The zero-order chi connectivity index (χ0) is 26.3. The number of nitriles is 1. The third-order valence-electron chi connectivity index (χ3n) is 6.05. The second-order valence-corrected chi connectivity index (χ2v) is 10.1. The van der Waals surface area contributed by atoms with Gasteiger partial charge in [-0.15, -0.1) is 0 Å². The van der Waals surface area contributed by atoms with Crippen molar-refractivity contribution in [3.8, 4) is 6.07 Å². The summed E-state index contributed by atoms with van der Waals surface area (Å²) < 4.78 is 43.0. The number of anilines is 1. The molecule has 3 heterocycles. The Morgan fingerprint density at radius 3 is 2.42 bits per heavy atom. The number of nitro groups is 1. The number of hydrogen-bond donors (Lipinski definition) is 0. The summed E-state index contributed by atoms with van der Waals surface area (Å²) in [5, 5.41) is 21.0. The highest BCUT2D eigenvalue weighted by atomic mass is 19.4. The van der Waals surface area contributed by atoms with Crippen LogP contribution in [0.15, 0.2) is 30.5 Å². The van der Waals surface area contributed by atoms with Gasteiger partial charge in [-0.05, 0) is 17.5 Å². The molecule has 1 aromatic carbocycles. The van der Waals surface area contributed by atoms with E-state index in [9.17, 15) is 28.5 Å². The van der Waals surface area contributed by atoms with Crippen LogP contribution in [0.5, 0.6) is 0 Å². The van der Waals surface area contributed by atoms with E-state index in [1.54, 1.807) is 11.1 Å². The highest BCUT2D eigenvalue weighted by molar-refractivity contribution is 5.77. The highest BCUT2D eigenvalue weighted by Gasteiger charge is 2.37. The Morgan fingerprint density at radius 1 is 1.14 bits per heavy atom. The third-order valence-corrected chi connectivity index (χ3v) is 6.05. The van der Waals surface area contributed by atoms with Crippen molar-refractivity contribution in [1.82, 2.24) is 19.4 Å². The molecule has 0 saturated carbocycles. The summed E-state index contributed by atoms with van der Waals surface area (Å²) in [5.74, 6) is 0.0968. The second kappa shape index (κ2) is 9.39. The van der Waals surface area contributed by atoms with E-state index in [1.807, 2.05) is 12.1 Å². The van der Waals surface area contributed by atoms with Crippen molar-refractivity contribution in [2.75, 3.05) is 31.1 Å². The minimum Gasteiger partial charge on any atom is -0.368 e. The van der Waals surface area contributed by atoms with E-state index >= 15 is 0 Å². The third kappa shape index (κ3) is 5.41. The Balaban J connectivity index is 1.55. The molecule has 0 unspecified atom stereocenters. The maximum absolute atomic E-state index is 13.7. The minimum atomic E-state index is -4.70. The zero-order valence-electron chi connectivity index (χ0n) is 20.2. The minimum absolute atomic E-state index is 0.0473. The van der Waals surface area contributed by atoms with E-state index in [0.717, 1.165) is 17.1 Å². The van der Waals surface area contributed by atoms with Gasteiger partial charge in [0.05, 0.1) is 10.5 Å². The van der Waals surface area contributed by atoms with E-state index < -0.39 is 22.4 Å². The summed E-state index contributed by atoms with van der Waals surface area (Å²) in [6.45, 7) is 9.28. The van der Waals surface area contributed by atoms with Crippen molar-refractivity contribution in [1.29, 1.82) is 5.26 Å². The first-order chi connectivity index (χ1) is 16.9. The lowest BCUT2D eigenvalue weighted by Gasteiger charge is -2.37. The van der Waals surface area contributed by atoms with Crippen LogP contribution in [-0.4, -0.2) is 50.5 Å². The molecule has 0 bridgehead atoms. The molecule has 1 fully saturated rings. The lowest BCUT2D eigenvalue weighted by molar-refractivity contribution is -0.385. The summed E-state index contributed by atoms with van der Waals surface area (Å²) in [6, 6.07) is 6.86. The van der Waals surface area contributed by atoms with Crippen molar-refractivity contribution >= 4 is 22.4 Å². The van der Waals surface area contributed by atoms with E-state index in [-0.39, 0.29) is 16.9 Å². The zero-order valence-corrected chi connectivity index (χ0v) is 20.2. The number of non-ortho nitro benzene ring substituents is 1. The number of alkyl halides is 3. The van der Waals surface area contributed by atoms with E-state index in [2.05, 4.69) is 40.2 Å². The average Bonchev–Trinajstić information content (AvgIpc) is 3.13. The standard InChI is InChI=1S/C24H26F3N7O2/c1-23(2,3)15-33-18(10-16-13-29-21(12-28)30-22(16)33)14-31-6-8-32(9-7-31)20-5-4-17(34(35)36)11-19(20)24(25,26)27/h4-5,10-11,13H,6-9,14-15H2,1-3H3. The van der Waals surface area contributed by atoms with Crippen LogP contribution in [-0.2, 0) is 19.3 Å². The fourth-order valence-electron chi connectivity index (χ4n) is 4.45. The number of nitro benzene ring substituents is 1. The van der Waals surface area contributed by atoms with Gasteiger partial charge < -0.3 is 9.47 Å². The molecule has 0 amide bonds. The molecule has 1 aliphatic heterocycles. The fraction of sp³-hybridized carbons (Fsp3) is 0.458. The number of nitrogens with zero attached hydrogens (tertiary/aromatic N) is 7. The molecule has 0 spiro atoms. The smallest absolute Gasteiger partial charge is 0.368 e. The Hall–Kier alpha value is -3.72. The van der Waals surface area contributed by atoms with Crippen molar-refractivity contribution < 1.29 is 18.1 Å². The number of rotatable bonds is 5. The van der Waals surface area contributed by atoms with Gasteiger partial charge in [-0.1, -0.05) is 20.8 Å². The Labute approximate surface area is 205 Å². The van der Waals surface area contributed by atoms with Crippen LogP contribution in [0.2, 0.25) is 0 Å². The molecule has 0 radical (unpaired) electrons. The van der Waals surface area contributed by atoms with Crippen molar-refractivity contribution in [2.45, 2.75) is 40.0 Å². The molecular formula is C24H26F3N7O2. The first kappa shape index (κ1) is 25.4. The largest absolute Gasteiger partial charge is 0.418 e. The van der Waals surface area contributed by atoms with Crippen molar-refractivity contribution in [2.24, 2.45) is 5.41 Å². The molecule has 0 aliphatic carbocycles. The van der Waals surface area contributed by atoms with Gasteiger partial charge in [0.2, 0.25) is 5.82 Å². The average molecular weight is 502 g/mol. The van der Waals surface area contributed by atoms with Crippen LogP contribution in [0.25, 0.3) is 11.0 Å². The lowest BCUT2D eigenvalue weighted by Crippen LogP contribution is -2.46. The summed E-state index contributed by atoms with van der Waals surface area (Å²) in [5.41, 5.74) is -0.00805. The maximum atomic E-state index is 13.7. The number of fused-ring (bicyclic) bond motifs is 1. The molecular weight excluding hydrogens is 475 g/mol. The molecule has 1 saturated heterocycles. The monoisotopic (exact) mass is 501 g/mol. The normalized spacial score (nSPS) is 15.3. The first-order valence-electron chi connectivity index (χ1n) is 11.4. The van der Waals surface area contributed by atoms with Crippen LogP contribution < -0.4 is 4.90 Å². The van der Waals surface area contributed by atoms with E-state index in [0.29, 0.717) is 51.0 Å². The topological polar surface area (TPSA) is 104 Å². The van der Waals surface area contributed by atoms with Gasteiger partial charge in [0.15, 0.2) is 0 Å². The number of piperazine rings is 1. The van der Waals surface area contributed by atoms with Gasteiger partial charge in [0.25, 0.3) is 5.69 Å². The van der Waals surface area contributed by atoms with Gasteiger partial charge in [-0.3, -0.25) is 15.0 Å². The predicted molar refractivity (Wildman–Crippen MR) is 127 cm³/mol. The van der Waals surface area contributed by atoms with Crippen LogP contribution in [0.1, 0.15) is 37.9 Å². The summed E-state index contributed by atoms with van der Waals surface area (Å²) >= 11 is 0. The van der Waals surface area contributed by atoms with Gasteiger partial charge in [-0.2, -0.15) is 18.4 Å². The molecule has 4 rings (SSSR count). The second-order valence-electron chi connectivity index (χ2n) is 10.1. The Bertz CT molecular complexity index is 1330. The Kier molecular flexibility index (Phi) is 6.62. The predicted octanol–water partition coefficient (Wildman–Crippen LogP) is 4.60. The van der Waals surface area contributed by atoms with E-state index in [1.165, 1.54) is 6.07 Å². The summed E-state index contributed by atoms with van der Waals surface area (Å²) in [6.07, 6.45) is -3.07. The van der Waals surface area contributed by atoms with Crippen LogP contribution in [0.3, 0.4) is 0 Å². The molecule has 2 aromatic heterocycles. The summed E-state index contributed by atoms with van der Waals surface area (Å²) in [4.78, 5) is 22.4. The van der Waals surface area contributed by atoms with Crippen LogP contribution >= 0.6 is 0 Å². The fourth-order valence-corrected chi connectivity index (χ4v) is 4.45. The first-order valence-corrected chi connectivity index (χ1v) is 11.4. The van der Waals surface area contributed by atoms with Crippen LogP contribution in [0.4, 0.5) is 24.5 Å². The summed E-state index contributed by atoms with van der Waals surface area (Å²) in [7, 11) is 0. The van der Waals surface area contributed by atoms with Gasteiger partial charge in [-0.25, -0.2) is 9.97 Å². The number of hydrogen-bond acceptors (Lipinski definition) is 7. The molecule has 12 heteroatoms. The van der Waals surface area contributed by atoms with Crippen LogP contribution in [0, 0.1) is 26.9 Å². The van der Waals surface area contributed by atoms with Gasteiger partial charge in [0, 0.05) is 74.4 Å². The quantitative estimate of drug-likeness (QED) is 0.372. The molecule has 36 heavy (non-hydrogen) atoms. The number of halogens is 3. The molecule has 0 N–H and O–H groups in total. The highest BCUT2D eigenvalue weighted by Crippen LogP contribution is 2.39. The molecule has 9 nitrogen and oxygen atoms in total. The maximum Gasteiger partial charge on any atom is 0.418 e.